The van der Waals surface area contributed by atoms with Crippen LogP contribution >= 0.6 is 24.8 Å². The fourth-order valence-corrected chi connectivity index (χ4v) is 1.61. The Morgan fingerprint density at radius 2 is 1.53 bits per heavy atom. The second kappa shape index (κ2) is 6.77. The van der Waals surface area contributed by atoms with Crippen molar-refractivity contribution in [1.29, 1.82) is 0 Å². The van der Waals surface area contributed by atoms with Gasteiger partial charge in [0.2, 0.25) is 0 Å². The number of hydrogen-bond acceptors (Lipinski definition) is 3. The van der Waals surface area contributed by atoms with Gasteiger partial charge < -0.3 is 16.0 Å². The van der Waals surface area contributed by atoms with Crippen molar-refractivity contribution >= 4 is 36.2 Å². The van der Waals surface area contributed by atoms with Gasteiger partial charge in [-0.25, -0.2) is 0 Å². The Bertz CT molecular complexity index is 271. The molecule has 0 amide bonds. The monoisotopic (exact) mass is 249 g/mol. The summed E-state index contributed by atoms with van der Waals surface area (Å²) >= 11 is 0. The van der Waals surface area contributed by atoms with Crippen LogP contribution in [0, 0.1) is 0 Å². The number of rotatable bonds is 1. The maximum Gasteiger partial charge on any atom is 0.0368 e. The first-order valence-corrected chi connectivity index (χ1v) is 4.67. The van der Waals surface area contributed by atoms with Gasteiger partial charge in [-0.05, 0) is 24.3 Å². The van der Waals surface area contributed by atoms with E-state index in [2.05, 4.69) is 22.3 Å². The highest BCUT2D eigenvalue weighted by Gasteiger charge is 2.09. The van der Waals surface area contributed by atoms with Crippen LogP contribution < -0.4 is 16.0 Å². The first kappa shape index (κ1) is 14.4. The van der Waals surface area contributed by atoms with E-state index in [0.717, 1.165) is 31.9 Å². The van der Waals surface area contributed by atoms with Gasteiger partial charge in [0.15, 0.2) is 0 Å². The second-order valence-electron chi connectivity index (χ2n) is 3.33. The molecule has 0 unspecified atom stereocenters. The van der Waals surface area contributed by atoms with Crippen molar-refractivity contribution in [3.63, 3.8) is 0 Å². The van der Waals surface area contributed by atoms with E-state index in [1.165, 1.54) is 5.69 Å². The molecule has 1 aliphatic rings. The maximum absolute atomic E-state index is 5.63. The molecule has 1 heterocycles. The van der Waals surface area contributed by atoms with E-state index < -0.39 is 0 Å². The minimum Gasteiger partial charge on any atom is -0.399 e. The molecule has 2 rings (SSSR count). The Morgan fingerprint density at radius 3 is 2.07 bits per heavy atom. The first-order valence-electron chi connectivity index (χ1n) is 4.67. The molecule has 0 saturated carbocycles. The average molecular weight is 250 g/mol. The molecule has 5 heteroatoms. The lowest BCUT2D eigenvalue weighted by atomic mass is 10.2. The van der Waals surface area contributed by atoms with Crippen molar-refractivity contribution in [2.45, 2.75) is 0 Å². The van der Waals surface area contributed by atoms with E-state index >= 15 is 0 Å². The summed E-state index contributed by atoms with van der Waals surface area (Å²) in [7, 11) is 0. The highest BCUT2D eigenvalue weighted by Crippen LogP contribution is 2.16. The molecule has 3 nitrogen and oxygen atoms in total. The van der Waals surface area contributed by atoms with Crippen LogP contribution in [0.3, 0.4) is 0 Å². The number of nitrogens with one attached hydrogen (secondary N) is 1. The molecule has 0 spiro atoms. The number of anilines is 2. The summed E-state index contributed by atoms with van der Waals surface area (Å²) < 4.78 is 0. The molecule has 15 heavy (non-hydrogen) atoms. The summed E-state index contributed by atoms with van der Waals surface area (Å²) in [6.45, 7) is 4.32. The van der Waals surface area contributed by atoms with Gasteiger partial charge in [-0.1, -0.05) is 0 Å². The number of nitrogens with two attached hydrogens (primary N) is 1. The van der Waals surface area contributed by atoms with Crippen molar-refractivity contribution in [2.24, 2.45) is 0 Å². The van der Waals surface area contributed by atoms with Gasteiger partial charge in [0.25, 0.3) is 0 Å². The zero-order valence-electron chi connectivity index (χ0n) is 8.48. The van der Waals surface area contributed by atoms with Crippen LogP contribution in [0.2, 0.25) is 0 Å². The lowest BCUT2D eigenvalue weighted by Gasteiger charge is -2.29. The van der Waals surface area contributed by atoms with Gasteiger partial charge in [-0.15, -0.1) is 24.8 Å². The van der Waals surface area contributed by atoms with Crippen LogP contribution in [0.15, 0.2) is 24.3 Å². The Labute approximate surface area is 103 Å². The molecule has 1 aromatic rings. The lowest BCUT2D eigenvalue weighted by Crippen LogP contribution is -2.43. The van der Waals surface area contributed by atoms with E-state index in [0.29, 0.717) is 0 Å². The van der Waals surface area contributed by atoms with Gasteiger partial charge in [-0.2, -0.15) is 0 Å². The number of nitrogens with zero attached hydrogens (tertiary/aromatic N) is 1. The summed E-state index contributed by atoms with van der Waals surface area (Å²) in [6, 6.07) is 8.08. The molecule has 3 N–H and O–H groups in total. The second-order valence-corrected chi connectivity index (χ2v) is 3.33. The van der Waals surface area contributed by atoms with Crippen LogP contribution in [0.4, 0.5) is 11.4 Å². The van der Waals surface area contributed by atoms with Crippen molar-refractivity contribution < 1.29 is 0 Å². The molecule has 1 fully saturated rings. The van der Waals surface area contributed by atoms with Gasteiger partial charge in [0, 0.05) is 37.6 Å². The minimum atomic E-state index is 0. The van der Waals surface area contributed by atoms with Crippen LogP contribution in [0.25, 0.3) is 0 Å². The third-order valence-electron chi connectivity index (χ3n) is 2.38. The quantitative estimate of drug-likeness (QED) is 0.742. The van der Waals surface area contributed by atoms with E-state index in [1.807, 2.05) is 12.1 Å². The lowest BCUT2D eigenvalue weighted by molar-refractivity contribution is 0.589. The summed E-state index contributed by atoms with van der Waals surface area (Å²) in [4.78, 5) is 2.37. The third-order valence-corrected chi connectivity index (χ3v) is 2.38. The van der Waals surface area contributed by atoms with E-state index in [-0.39, 0.29) is 24.8 Å². The fraction of sp³-hybridized carbons (Fsp3) is 0.400. The molecule has 0 bridgehead atoms. The average Bonchev–Trinajstić information content (AvgIpc) is 2.20. The summed E-state index contributed by atoms with van der Waals surface area (Å²) in [5, 5.41) is 3.33. The SMILES string of the molecule is Cl.Cl.Nc1ccc(N2CCNCC2)cc1. The molecule has 0 radical (unpaired) electrons. The van der Waals surface area contributed by atoms with Gasteiger partial charge in [0.1, 0.15) is 0 Å². The number of benzene rings is 1. The zero-order valence-corrected chi connectivity index (χ0v) is 10.1. The molecular formula is C10H17Cl2N3. The van der Waals surface area contributed by atoms with Crippen molar-refractivity contribution in [2.75, 3.05) is 36.8 Å². The van der Waals surface area contributed by atoms with E-state index in [9.17, 15) is 0 Å². The standard InChI is InChI=1S/C10H15N3.2ClH/c11-9-1-3-10(4-2-9)13-7-5-12-6-8-13;;/h1-4,12H,5-8,11H2;2*1H. The smallest absolute Gasteiger partial charge is 0.0368 e. The van der Waals surface area contributed by atoms with Crippen LogP contribution in [0.1, 0.15) is 0 Å². The summed E-state index contributed by atoms with van der Waals surface area (Å²) in [5.41, 5.74) is 7.73. The molecular weight excluding hydrogens is 233 g/mol. The molecule has 1 aromatic carbocycles. The molecule has 1 saturated heterocycles. The third kappa shape index (κ3) is 3.78. The number of piperazine rings is 1. The van der Waals surface area contributed by atoms with Crippen LogP contribution in [0.5, 0.6) is 0 Å². The highest BCUT2D eigenvalue weighted by molar-refractivity contribution is 5.85. The maximum atomic E-state index is 5.63. The normalized spacial score (nSPS) is 15.1. The first-order chi connectivity index (χ1) is 6.36. The van der Waals surface area contributed by atoms with Gasteiger partial charge in [0.05, 0.1) is 0 Å². The Kier molecular flexibility index (Phi) is 6.48. The topological polar surface area (TPSA) is 41.3 Å². The van der Waals surface area contributed by atoms with E-state index in [1.54, 1.807) is 0 Å². The molecule has 0 aromatic heterocycles. The molecule has 0 aliphatic carbocycles. The number of halogens is 2. The van der Waals surface area contributed by atoms with Crippen LogP contribution in [-0.2, 0) is 0 Å². The number of nitrogen functional groups attached to an aromatic ring is 1. The van der Waals surface area contributed by atoms with E-state index in [4.69, 9.17) is 5.73 Å². The Morgan fingerprint density at radius 1 is 1.00 bits per heavy atom. The predicted molar refractivity (Wildman–Crippen MR) is 70.4 cm³/mol. The summed E-state index contributed by atoms with van der Waals surface area (Å²) in [6.07, 6.45) is 0. The van der Waals surface area contributed by atoms with Crippen LogP contribution in [-0.4, -0.2) is 26.2 Å². The largest absolute Gasteiger partial charge is 0.399 e. The predicted octanol–water partition coefficient (Wildman–Crippen LogP) is 1.52. The molecule has 1 aliphatic heterocycles. The van der Waals surface area contributed by atoms with Gasteiger partial charge >= 0.3 is 0 Å². The molecule has 86 valence electrons. The fourth-order valence-electron chi connectivity index (χ4n) is 1.61. The highest BCUT2D eigenvalue weighted by atomic mass is 35.5. The number of hydrogen-bond donors (Lipinski definition) is 2. The summed E-state index contributed by atoms with van der Waals surface area (Å²) in [5.74, 6) is 0. The minimum absolute atomic E-state index is 0. The van der Waals surface area contributed by atoms with Crippen molar-refractivity contribution in [3.8, 4) is 0 Å². The Balaban J connectivity index is 0.000000980. The van der Waals surface area contributed by atoms with Crippen molar-refractivity contribution in [1.82, 2.24) is 5.32 Å². The van der Waals surface area contributed by atoms with Gasteiger partial charge in [-0.3, -0.25) is 0 Å². The molecule has 0 atom stereocenters. The van der Waals surface area contributed by atoms with Crippen molar-refractivity contribution in [3.05, 3.63) is 24.3 Å². The zero-order chi connectivity index (χ0) is 9.10. The Hall–Kier alpha value is -0.640.